The van der Waals surface area contributed by atoms with E-state index in [0.29, 0.717) is 6.04 Å². The van der Waals surface area contributed by atoms with Crippen molar-refractivity contribution in [2.45, 2.75) is 58.4 Å². The van der Waals surface area contributed by atoms with Crippen molar-refractivity contribution in [1.82, 2.24) is 19.8 Å². The van der Waals surface area contributed by atoms with Crippen LogP contribution in [0.1, 0.15) is 52.8 Å². The highest BCUT2D eigenvalue weighted by atomic mass is 15.4. The van der Waals surface area contributed by atoms with Gasteiger partial charge in [0.05, 0.1) is 0 Å². The molecule has 0 amide bonds. The van der Waals surface area contributed by atoms with Gasteiger partial charge in [-0.05, 0) is 30.9 Å². The van der Waals surface area contributed by atoms with Crippen molar-refractivity contribution in [3.8, 4) is 0 Å². The molecule has 1 aliphatic rings. The van der Waals surface area contributed by atoms with Gasteiger partial charge in [0.1, 0.15) is 5.82 Å². The summed E-state index contributed by atoms with van der Waals surface area (Å²) in [5.41, 5.74) is 0.747. The van der Waals surface area contributed by atoms with Crippen LogP contribution in [0.5, 0.6) is 0 Å². The average molecular weight is 273 g/mol. The molecule has 0 bridgehead atoms. The molecule has 2 unspecified atom stereocenters. The highest BCUT2D eigenvalue weighted by molar-refractivity contribution is 5.45. The van der Waals surface area contributed by atoms with Crippen LogP contribution in [0.4, 0.5) is 5.82 Å². The minimum Gasteiger partial charge on any atom is -0.366 e. The third-order valence-electron chi connectivity index (χ3n) is 3.85. The summed E-state index contributed by atoms with van der Waals surface area (Å²) >= 11 is 0. The second-order valence-corrected chi connectivity index (χ2v) is 6.80. The van der Waals surface area contributed by atoms with Crippen molar-refractivity contribution < 1.29 is 0 Å². The molecule has 0 radical (unpaired) electrons. The molecular formula is C15H23N5. The van der Waals surface area contributed by atoms with Crippen LogP contribution in [-0.2, 0) is 5.41 Å². The molecule has 1 saturated carbocycles. The normalized spacial score (nSPS) is 22.2. The second kappa shape index (κ2) is 4.72. The minimum absolute atomic E-state index is 0.0602. The molecule has 20 heavy (non-hydrogen) atoms. The SMILES string of the molecule is CCCC1CC1Nc1ccc2nnc(C(C)(C)C)n2n1. The van der Waals surface area contributed by atoms with E-state index >= 15 is 0 Å². The summed E-state index contributed by atoms with van der Waals surface area (Å²) in [5.74, 6) is 2.64. The standard InChI is InChI=1S/C15H23N5/c1-5-6-10-9-11(10)16-12-7-8-13-17-18-14(15(2,3)4)20(13)19-12/h7-8,10-11H,5-6,9H2,1-4H3,(H,16,19). The topological polar surface area (TPSA) is 55.1 Å². The number of nitrogens with zero attached hydrogens (tertiary/aromatic N) is 4. The molecule has 0 saturated heterocycles. The largest absolute Gasteiger partial charge is 0.366 e. The van der Waals surface area contributed by atoms with Crippen LogP contribution in [-0.4, -0.2) is 25.9 Å². The summed E-state index contributed by atoms with van der Waals surface area (Å²) in [6, 6.07) is 4.57. The minimum atomic E-state index is -0.0602. The number of fused-ring (bicyclic) bond motifs is 1. The predicted molar refractivity (Wildman–Crippen MR) is 79.9 cm³/mol. The lowest BCUT2D eigenvalue weighted by molar-refractivity contribution is 0.527. The summed E-state index contributed by atoms with van der Waals surface area (Å²) in [7, 11) is 0. The maximum absolute atomic E-state index is 4.66. The Labute approximate surface area is 119 Å². The van der Waals surface area contributed by atoms with Crippen LogP contribution >= 0.6 is 0 Å². The maximum atomic E-state index is 4.66. The third kappa shape index (κ3) is 2.49. The smallest absolute Gasteiger partial charge is 0.178 e. The zero-order valence-electron chi connectivity index (χ0n) is 12.7. The summed E-state index contributed by atoms with van der Waals surface area (Å²) in [5, 5.41) is 16.6. The molecule has 2 heterocycles. The Hall–Kier alpha value is -1.65. The Kier molecular flexibility index (Phi) is 3.15. The highest BCUT2D eigenvalue weighted by Crippen LogP contribution is 2.36. The lowest BCUT2D eigenvalue weighted by atomic mass is 9.96. The van der Waals surface area contributed by atoms with Gasteiger partial charge in [-0.25, -0.2) is 0 Å². The van der Waals surface area contributed by atoms with Gasteiger partial charge >= 0.3 is 0 Å². The third-order valence-corrected chi connectivity index (χ3v) is 3.85. The fraction of sp³-hybridized carbons (Fsp3) is 0.667. The number of aromatic nitrogens is 4. The van der Waals surface area contributed by atoms with E-state index in [1.807, 2.05) is 16.6 Å². The first-order chi connectivity index (χ1) is 9.49. The molecule has 1 N–H and O–H groups in total. The molecule has 1 fully saturated rings. The Bertz CT molecular complexity index is 610. The van der Waals surface area contributed by atoms with E-state index < -0.39 is 0 Å². The van der Waals surface area contributed by atoms with E-state index in [-0.39, 0.29) is 5.41 Å². The fourth-order valence-corrected chi connectivity index (χ4v) is 2.64. The predicted octanol–water partition coefficient (Wildman–Crippen LogP) is 3.02. The van der Waals surface area contributed by atoms with E-state index in [4.69, 9.17) is 0 Å². The van der Waals surface area contributed by atoms with Crippen LogP contribution in [0.25, 0.3) is 5.65 Å². The molecule has 108 valence electrons. The molecule has 2 aromatic heterocycles. The molecule has 2 aromatic rings. The molecular weight excluding hydrogens is 250 g/mol. The zero-order chi connectivity index (χ0) is 14.3. The van der Waals surface area contributed by atoms with Crippen LogP contribution in [0.15, 0.2) is 12.1 Å². The van der Waals surface area contributed by atoms with Crippen molar-refractivity contribution in [3.05, 3.63) is 18.0 Å². The van der Waals surface area contributed by atoms with Gasteiger partial charge in [0, 0.05) is 11.5 Å². The van der Waals surface area contributed by atoms with E-state index in [1.54, 1.807) is 0 Å². The van der Waals surface area contributed by atoms with Gasteiger partial charge in [-0.3, -0.25) is 0 Å². The summed E-state index contributed by atoms with van der Waals surface area (Å²) in [6.45, 7) is 8.63. The first kappa shape index (κ1) is 13.3. The molecule has 0 spiro atoms. The summed E-state index contributed by atoms with van der Waals surface area (Å²) in [6.07, 6.45) is 3.83. The quantitative estimate of drug-likeness (QED) is 0.930. The fourth-order valence-electron chi connectivity index (χ4n) is 2.64. The Balaban J connectivity index is 1.83. The number of rotatable bonds is 4. The monoisotopic (exact) mass is 273 g/mol. The van der Waals surface area contributed by atoms with E-state index in [0.717, 1.165) is 23.2 Å². The van der Waals surface area contributed by atoms with Gasteiger partial charge in [-0.15, -0.1) is 15.3 Å². The number of hydrogen-bond acceptors (Lipinski definition) is 4. The van der Waals surface area contributed by atoms with E-state index in [2.05, 4.69) is 48.3 Å². The van der Waals surface area contributed by atoms with Crippen LogP contribution in [0, 0.1) is 5.92 Å². The maximum Gasteiger partial charge on any atom is 0.178 e. The summed E-state index contributed by atoms with van der Waals surface area (Å²) < 4.78 is 1.86. The van der Waals surface area contributed by atoms with Crippen molar-refractivity contribution in [2.75, 3.05) is 5.32 Å². The van der Waals surface area contributed by atoms with Crippen LogP contribution in [0.3, 0.4) is 0 Å². The van der Waals surface area contributed by atoms with E-state index in [9.17, 15) is 0 Å². The van der Waals surface area contributed by atoms with Crippen molar-refractivity contribution >= 4 is 11.5 Å². The van der Waals surface area contributed by atoms with Gasteiger partial charge in [0.2, 0.25) is 0 Å². The van der Waals surface area contributed by atoms with Gasteiger partial charge < -0.3 is 5.32 Å². The van der Waals surface area contributed by atoms with Gasteiger partial charge in [0.25, 0.3) is 0 Å². The van der Waals surface area contributed by atoms with E-state index in [1.165, 1.54) is 19.3 Å². The molecule has 2 atom stereocenters. The van der Waals surface area contributed by atoms with Gasteiger partial charge in [-0.2, -0.15) is 4.52 Å². The first-order valence-electron chi connectivity index (χ1n) is 7.48. The number of hydrogen-bond donors (Lipinski definition) is 1. The number of anilines is 1. The number of nitrogens with one attached hydrogen (secondary N) is 1. The lowest BCUT2D eigenvalue weighted by Crippen LogP contribution is -2.18. The molecule has 0 aromatic carbocycles. The molecule has 3 rings (SSSR count). The zero-order valence-corrected chi connectivity index (χ0v) is 12.7. The molecule has 5 heteroatoms. The second-order valence-electron chi connectivity index (χ2n) is 6.80. The highest BCUT2D eigenvalue weighted by Gasteiger charge is 2.36. The Morgan fingerprint density at radius 2 is 2.10 bits per heavy atom. The first-order valence-corrected chi connectivity index (χ1v) is 7.48. The van der Waals surface area contributed by atoms with Gasteiger partial charge in [0.15, 0.2) is 11.5 Å². The molecule has 1 aliphatic carbocycles. The average Bonchev–Trinajstić information content (AvgIpc) is 2.94. The van der Waals surface area contributed by atoms with Gasteiger partial charge in [-0.1, -0.05) is 34.1 Å². The Morgan fingerprint density at radius 1 is 1.30 bits per heavy atom. The van der Waals surface area contributed by atoms with Crippen molar-refractivity contribution in [3.63, 3.8) is 0 Å². The van der Waals surface area contributed by atoms with Crippen molar-refractivity contribution in [2.24, 2.45) is 5.92 Å². The van der Waals surface area contributed by atoms with Crippen LogP contribution in [0.2, 0.25) is 0 Å². The lowest BCUT2D eigenvalue weighted by Gasteiger charge is -2.15. The Morgan fingerprint density at radius 3 is 2.80 bits per heavy atom. The molecule has 0 aliphatic heterocycles. The molecule has 5 nitrogen and oxygen atoms in total. The summed E-state index contributed by atoms with van der Waals surface area (Å²) in [4.78, 5) is 0. The van der Waals surface area contributed by atoms with Crippen LogP contribution < -0.4 is 5.32 Å². The van der Waals surface area contributed by atoms with Crippen molar-refractivity contribution in [1.29, 1.82) is 0 Å².